The number of carbonyl (C=O) groups is 2. The van der Waals surface area contributed by atoms with Crippen LogP contribution in [0.3, 0.4) is 0 Å². The van der Waals surface area contributed by atoms with Crippen LogP contribution in [0.5, 0.6) is 0 Å². The molecule has 0 saturated heterocycles. The van der Waals surface area contributed by atoms with Gasteiger partial charge in [-0.3, -0.25) is 4.79 Å². The molecule has 0 bridgehead atoms. The molecule has 0 saturated carbocycles. The minimum absolute atomic E-state index is 0.0210. The average Bonchev–Trinajstić information content (AvgIpc) is 2.80. The molecule has 0 aliphatic heterocycles. The van der Waals surface area contributed by atoms with E-state index in [0.29, 0.717) is 12.0 Å². The lowest BCUT2D eigenvalue weighted by Gasteiger charge is -2.23. The average molecular weight is 476 g/mol. The summed E-state index contributed by atoms with van der Waals surface area (Å²) in [6, 6.07) is 13.7. The fourth-order valence-electron chi connectivity index (χ4n) is 3.15. The molecule has 2 amide bonds. The van der Waals surface area contributed by atoms with Crippen molar-refractivity contribution < 1.29 is 22.7 Å². The molecule has 0 heterocycles. The summed E-state index contributed by atoms with van der Waals surface area (Å²) >= 11 is 0. The van der Waals surface area contributed by atoms with Gasteiger partial charge in [-0.1, -0.05) is 62.7 Å². The maximum absolute atomic E-state index is 12.7. The summed E-state index contributed by atoms with van der Waals surface area (Å²) in [7, 11) is -3.70. The van der Waals surface area contributed by atoms with E-state index in [2.05, 4.69) is 15.4 Å². The number of sulfonamides is 1. The van der Waals surface area contributed by atoms with Crippen LogP contribution in [0.25, 0.3) is 0 Å². The van der Waals surface area contributed by atoms with Crippen molar-refractivity contribution in [1.82, 2.24) is 15.4 Å². The van der Waals surface area contributed by atoms with Gasteiger partial charge in [-0.15, -0.1) is 0 Å². The van der Waals surface area contributed by atoms with Crippen molar-refractivity contribution in [1.29, 1.82) is 0 Å². The summed E-state index contributed by atoms with van der Waals surface area (Å²) in [6.45, 7) is 7.53. The first kappa shape index (κ1) is 26.3. The number of amides is 2. The highest BCUT2D eigenvalue weighted by Crippen LogP contribution is 2.16. The maximum Gasteiger partial charge on any atom is 0.408 e. The number of carbonyl (C=O) groups excluding carboxylic acids is 2. The largest absolute Gasteiger partial charge is 0.445 e. The van der Waals surface area contributed by atoms with Crippen molar-refractivity contribution in [3.05, 3.63) is 65.2 Å². The van der Waals surface area contributed by atoms with Gasteiger partial charge in [-0.05, 0) is 42.5 Å². The lowest BCUT2D eigenvalue weighted by Crippen LogP contribution is -2.51. The maximum atomic E-state index is 12.7. The number of aryl methyl sites for hydroxylation is 2. The van der Waals surface area contributed by atoms with Gasteiger partial charge in [0.05, 0.1) is 4.90 Å². The van der Waals surface area contributed by atoms with Crippen LogP contribution in [0, 0.1) is 19.8 Å². The number of hydrogen-bond acceptors (Lipinski definition) is 5. The number of nitrogens with one attached hydrogen (secondary N) is 3. The Kier molecular flexibility index (Phi) is 9.87. The summed E-state index contributed by atoms with van der Waals surface area (Å²) in [5.41, 5.74) is 2.33. The first-order chi connectivity index (χ1) is 15.6. The molecule has 33 heavy (non-hydrogen) atoms. The Bertz CT molecular complexity index is 1040. The Morgan fingerprint density at radius 1 is 1.03 bits per heavy atom. The van der Waals surface area contributed by atoms with Gasteiger partial charge in [-0.2, -0.15) is 0 Å². The molecule has 9 heteroatoms. The molecular weight excluding hydrogens is 442 g/mol. The highest BCUT2D eigenvalue weighted by molar-refractivity contribution is 7.89. The normalized spacial score (nSPS) is 13.1. The van der Waals surface area contributed by atoms with E-state index in [4.69, 9.17) is 4.74 Å². The third kappa shape index (κ3) is 8.18. The van der Waals surface area contributed by atoms with Crippen molar-refractivity contribution in [2.75, 3.05) is 13.1 Å². The van der Waals surface area contributed by atoms with Gasteiger partial charge in [0, 0.05) is 13.1 Å². The molecule has 0 fully saturated rings. The first-order valence-corrected chi connectivity index (χ1v) is 12.4. The molecule has 0 aliphatic rings. The van der Waals surface area contributed by atoms with Crippen LogP contribution in [0.1, 0.15) is 37.0 Å². The second-order valence-electron chi connectivity index (χ2n) is 8.03. The molecule has 0 radical (unpaired) electrons. The smallest absolute Gasteiger partial charge is 0.408 e. The molecule has 0 spiro atoms. The summed E-state index contributed by atoms with van der Waals surface area (Å²) in [6.07, 6.45) is -0.0222. The van der Waals surface area contributed by atoms with E-state index in [1.807, 2.05) is 57.2 Å². The zero-order chi connectivity index (χ0) is 24.4. The highest BCUT2D eigenvalue weighted by Gasteiger charge is 2.26. The predicted molar refractivity (Wildman–Crippen MR) is 127 cm³/mol. The quantitative estimate of drug-likeness (QED) is 0.432. The van der Waals surface area contributed by atoms with Gasteiger partial charge >= 0.3 is 6.09 Å². The molecular formula is C24H33N3O5S. The number of benzene rings is 2. The fraction of sp³-hybridized carbons (Fsp3) is 0.417. The number of alkyl carbamates (subject to hydrolysis) is 1. The van der Waals surface area contributed by atoms with Crippen molar-refractivity contribution in [2.45, 2.75) is 51.7 Å². The zero-order valence-electron chi connectivity index (χ0n) is 19.6. The van der Waals surface area contributed by atoms with Crippen LogP contribution in [0.4, 0.5) is 4.79 Å². The monoisotopic (exact) mass is 475 g/mol. The van der Waals surface area contributed by atoms with Crippen LogP contribution in [0.2, 0.25) is 0 Å². The van der Waals surface area contributed by atoms with E-state index in [1.165, 1.54) is 0 Å². The summed E-state index contributed by atoms with van der Waals surface area (Å²) < 4.78 is 32.9. The molecule has 2 aromatic carbocycles. The van der Waals surface area contributed by atoms with E-state index in [-0.39, 0.29) is 30.5 Å². The Hall–Kier alpha value is -2.91. The Labute approximate surface area is 196 Å². The van der Waals surface area contributed by atoms with Crippen molar-refractivity contribution in [3.63, 3.8) is 0 Å². The molecule has 2 aromatic rings. The van der Waals surface area contributed by atoms with Crippen molar-refractivity contribution >= 4 is 22.0 Å². The third-order valence-electron chi connectivity index (χ3n) is 5.33. The Balaban J connectivity index is 1.87. The minimum atomic E-state index is -3.70. The molecule has 8 nitrogen and oxygen atoms in total. The summed E-state index contributed by atoms with van der Waals surface area (Å²) in [5, 5.41) is 5.31. The van der Waals surface area contributed by atoms with E-state index in [9.17, 15) is 18.0 Å². The zero-order valence-corrected chi connectivity index (χ0v) is 20.4. The van der Waals surface area contributed by atoms with Gasteiger partial charge < -0.3 is 15.4 Å². The van der Waals surface area contributed by atoms with E-state index in [1.54, 1.807) is 19.1 Å². The van der Waals surface area contributed by atoms with Crippen LogP contribution in [-0.2, 0) is 26.2 Å². The summed E-state index contributed by atoms with van der Waals surface area (Å²) in [5.74, 6) is -0.534. The molecule has 180 valence electrons. The topological polar surface area (TPSA) is 114 Å². The fourth-order valence-corrected chi connectivity index (χ4v) is 4.51. The Morgan fingerprint density at radius 2 is 1.73 bits per heavy atom. The van der Waals surface area contributed by atoms with Gasteiger partial charge in [-0.25, -0.2) is 17.9 Å². The van der Waals surface area contributed by atoms with Crippen LogP contribution in [-0.4, -0.2) is 39.5 Å². The summed E-state index contributed by atoms with van der Waals surface area (Å²) in [4.78, 5) is 25.1. The first-order valence-electron chi connectivity index (χ1n) is 11.0. The van der Waals surface area contributed by atoms with Crippen molar-refractivity contribution in [2.24, 2.45) is 5.92 Å². The lowest BCUT2D eigenvalue weighted by molar-refractivity contribution is -0.124. The second-order valence-corrected chi connectivity index (χ2v) is 9.76. The molecule has 2 atom stereocenters. The number of hydrogen-bond donors (Lipinski definition) is 3. The minimum Gasteiger partial charge on any atom is -0.445 e. The molecule has 0 aromatic heterocycles. The number of rotatable bonds is 11. The lowest BCUT2D eigenvalue weighted by atomic mass is 9.98. The SMILES string of the molecule is CC[C@H](C)[C@H](NC(=O)OCc1ccccc1)C(=O)NCCNS(=O)(=O)c1cc(C)ccc1C. The molecule has 2 rings (SSSR count). The van der Waals surface area contributed by atoms with Gasteiger partial charge in [0.25, 0.3) is 0 Å². The standard InChI is InChI=1S/C24H33N3O5S/c1-5-18(3)22(27-24(29)32-16-20-9-7-6-8-10-20)23(28)25-13-14-26-33(30,31)21-15-17(2)11-12-19(21)4/h6-12,15,18,22,26H,5,13-14,16H2,1-4H3,(H,25,28)(H,27,29)/t18-,22-/m0/s1. The van der Waals surface area contributed by atoms with Crippen LogP contribution < -0.4 is 15.4 Å². The number of ether oxygens (including phenoxy) is 1. The highest BCUT2D eigenvalue weighted by atomic mass is 32.2. The van der Waals surface area contributed by atoms with Gasteiger partial charge in [0.1, 0.15) is 12.6 Å². The van der Waals surface area contributed by atoms with Gasteiger partial charge in [0.2, 0.25) is 15.9 Å². The molecule has 3 N–H and O–H groups in total. The van der Waals surface area contributed by atoms with E-state index < -0.39 is 28.1 Å². The second kappa shape index (κ2) is 12.4. The molecule has 0 aliphatic carbocycles. The van der Waals surface area contributed by atoms with Crippen LogP contribution >= 0.6 is 0 Å². The van der Waals surface area contributed by atoms with Gasteiger partial charge in [0.15, 0.2) is 0 Å². The van der Waals surface area contributed by atoms with E-state index in [0.717, 1.165) is 11.1 Å². The van der Waals surface area contributed by atoms with Crippen molar-refractivity contribution in [3.8, 4) is 0 Å². The van der Waals surface area contributed by atoms with E-state index >= 15 is 0 Å². The predicted octanol–water partition coefficient (Wildman–Crippen LogP) is 3.04. The molecule has 0 unspecified atom stereocenters. The third-order valence-corrected chi connectivity index (χ3v) is 6.93. The Morgan fingerprint density at radius 3 is 2.39 bits per heavy atom. The van der Waals surface area contributed by atoms with Crippen LogP contribution in [0.15, 0.2) is 53.4 Å².